The highest BCUT2D eigenvalue weighted by molar-refractivity contribution is 5.81. The summed E-state index contributed by atoms with van der Waals surface area (Å²) in [7, 11) is 0. The Morgan fingerprint density at radius 2 is 1.30 bits per heavy atom. The second-order valence-electron chi connectivity index (χ2n) is 6.79. The molecular weight excluding hydrogens is 284 g/mol. The Labute approximate surface area is 145 Å². The highest BCUT2D eigenvalue weighted by Crippen LogP contribution is 2.23. The third-order valence-electron chi connectivity index (χ3n) is 4.60. The second kappa shape index (κ2) is 17.6. The van der Waals surface area contributed by atoms with Crippen LogP contribution in [-0.2, 0) is 9.53 Å². The van der Waals surface area contributed by atoms with E-state index in [1.165, 1.54) is 89.5 Å². The molecule has 0 bridgehead atoms. The number of rotatable bonds is 17. The van der Waals surface area contributed by atoms with Crippen LogP contribution in [0.5, 0.6) is 0 Å². The summed E-state index contributed by atoms with van der Waals surface area (Å²) in [4.78, 5) is 11.1. The molecule has 0 atom stereocenters. The van der Waals surface area contributed by atoms with Crippen LogP contribution in [0.1, 0.15) is 104 Å². The summed E-state index contributed by atoms with van der Waals surface area (Å²) < 4.78 is 5.10. The van der Waals surface area contributed by atoms with Crippen LogP contribution in [0.2, 0.25) is 0 Å². The molecule has 0 aliphatic carbocycles. The van der Waals surface area contributed by atoms with Gasteiger partial charge >= 0.3 is 5.97 Å². The summed E-state index contributed by atoms with van der Waals surface area (Å²) in [5, 5.41) is 0. The van der Waals surface area contributed by atoms with E-state index in [2.05, 4.69) is 20.4 Å². The molecule has 0 aliphatic rings. The molecule has 0 N–H and O–H groups in total. The highest BCUT2D eigenvalue weighted by atomic mass is 16.5. The molecule has 0 aromatic rings. The van der Waals surface area contributed by atoms with Crippen LogP contribution in [0, 0.1) is 5.92 Å². The van der Waals surface area contributed by atoms with E-state index in [1.54, 1.807) is 0 Å². The summed E-state index contributed by atoms with van der Waals surface area (Å²) in [5.41, 5.74) is 0. The molecule has 0 saturated carbocycles. The van der Waals surface area contributed by atoms with E-state index in [4.69, 9.17) is 4.74 Å². The summed E-state index contributed by atoms with van der Waals surface area (Å²) in [6, 6.07) is 0. The Bertz CT molecular complexity index is 259. The first-order valence-electron chi connectivity index (χ1n) is 10.0. The van der Waals surface area contributed by atoms with Gasteiger partial charge in [0.25, 0.3) is 0 Å². The normalized spacial score (nSPS) is 10.9. The molecule has 0 unspecified atom stereocenters. The Morgan fingerprint density at radius 3 is 1.78 bits per heavy atom. The van der Waals surface area contributed by atoms with Gasteiger partial charge in [-0.15, -0.1) is 0 Å². The van der Waals surface area contributed by atoms with Crippen molar-refractivity contribution in [1.82, 2.24) is 0 Å². The lowest BCUT2D eigenvalue weighted by molar-refractivity contribution is -0.137. The van der Waals surface area contributed by atoms with Crippen molar-refractivity contribution in [2.75, 3.05) is 6.61 Å². The minimum absolute atomic E-state index is 0.291. The van der Waals surface area contributed by atoms with E-state index in [9.17, 15) is 4.79 Å². The highest BCUT2D eigenvalue weighted by Gasteiger charge is 2.09. The molecule has 0 aromatic heterocycles. The summed E-state index contributed by atoms with van der Waals surface area (Å²) >= 11 is 0. The van der Waals surface area contributed by atoms with Crippen LogP contribution in [-0.4, -0.2) is 12.6 Å². The fourth-order valence-corrected chi connectivity index (χ4v) is 3.11. The van der Waals surface area contributed by atoms with Crippen molar-refractivity contribution >= 4 is 5.97 Å². The molecule has 23 heavy (non-hydrogen) atoms. The number of hydrogen-bond acceptors (Lipinski definition) is 2. The summed E-state index contributed by atoms with van der Waals surface area (Å²) in [6.07, 6.45) is 19.8. The lowest BCUT2D eigenvalue weighted by Crippen LogP contribution is -2.06. The van der Waals surface area contributed by atoms with Crippen molar-refractivity contribution in [2.45, 2.75) is 104 Å². The molecule has 2 nitrogen and oxygen atoms in total. The number of hydrogen-bond donors (Lipinski definition) is 0. The number of unbranched alkanes of at least 4 members (excludes halogenated alkanes) is 8. The predicted molar refractivity (Wildman–Crippen MR) is 101 cm³/mol. The first-order valence-corrected chi connectivity index (χ1v) is 10.0. The van der Waals surface area contributed by atoms with Gasteiger partial charge in [-0.05, 0) is 18.8 Å². The quantitative estimate of drug-likeness (QED) is 0.166. The average molecular weight is 325 g/mol. The zero-order valence-electron chi connectivity index (χ0n) is 15.8. The van der Waals surface area contributed by atoms with Gasteiger partial charge in [0.1, 0.15) is 0 Å². The van der Waals surface area contributed by atoms with Crippen molar-refractivity contribution in [1.29, 1.82) is 0 Å². The Kier molecular flexibility index (Phi) is 17.0. The van der Waals surface area contributed by atoms with Crippen LogP contribution in [0.3, 0.4) is 0 Å². The molecule has 136 valence electrons. The fourth-order valence-electron chi connectivity index (χ4n) is 3.11. The number of esters is 1. The third kappa shape index (κ3) is 15.9. The van der Waals surface area contributed by atoms with Gasteiger partial charge in [-0.2, -0.15) is 0 Å². The third-order valence-corrected chi connectivity index (χ3v) is 4.60. The second-order valence-corrected chi connectivity index (χ2v) is 6.79. The molecule has 0 aliphatic heterocycles. The van der Waals surface area contributed by atoms with Gasteiger partial charge in [0, 0.05) is 6.08 Å². The number of carbonyl (C=O) groups is 1. The van der Waals surface area contributed by atoms with Crippen molar-refractivity contribution in [3.8, 4) is 0 Å². The van der Waals surface area contributed by atoms with Gasteiger partial charge in [0.2, 0.25) is 0 Å². The van der Waals surface area contributed by atoms with Crippen molar-refractivity contribution in [3.63, 3.8) is 0 Å². The molecule has 0 spiro atoms. The first-order chi connectivity index (χ1) is 11.2. The summed E-state index contributed by atoms with van der Waals surface area (Å²) in [6.45, 7) is 8.51. The Balaban J connectivity index is 3.85. The molecule has 0 fully saturated rings. The number of carbonyl (C=O) groups excluding carboxylic acids is 1. The van der Waals surface area contributed by atoms with Gasteiger partial charge in [0.05, 0.1) is 6.61 Å². The van der Waals surface area contributed by atoms with Crippen molar-refractivity contribution < 1.29 is 9.53 Å². The van der Waals surface area contributed by atoms with E-state index in [0.29, 0.717) is 6.61 Å². The van der Waals surface area contributed by atoms with Gasteiger partial charge in [-0.25, -0.2) is 4.79 Å². The van der Waals surface area contributed by atoms with Crippen LogP contribution in [0.25, 0.3) is 0 Å². The SMILES string of the molecule is C=CC(=O)OCCCC(CCCCCCC)CCCCCCC. The maximum atomic E-state index is 11.1. The smallest absolute Gasteiger partial charge is 0.330 e. The average Bonchev–Trinajstić information content (AvgIpc) is 2.57. The van der Waals surface area contributed by atoms with E-state index >= 15 is 0 Å². The number of ether oxygens (including phenoxy) is 1. The van der Waals surface area contributed by atoms with Crippen molar-refractivity contribution in [3.05, 3.63) is 12.7 Å². The van der Waals surface area contributed by atoms with E-state index < -0.39 is 0 Å². The van der Waals surface area contributed by atoms with Crippen LogP contribution in [0.15, 0.2) is 12.7 Å². The summed E-state index contributed by atoms with van der Waals surface area (Å²) in [5.74, 6) is 0.529. The van der Waals surface area contributed by atoms with Gasteiger partial charge in [-0.1, -0.05) is 97.5 Å². The van der Waals surface area contributed by atoms with Crippen LogP contribution < -0.4 is 0 Å². The topological polar surface area (TPSA) is 26.3 Å². The maximum absolute atomic E-state index is 11.1. The van der Waals surface area contributed by atoms with Gasteiger partial charge in [-0.3, -0.25) is 0 Å². The maximum Gasteiger partial charge on any atom is 0.330 e. The fraction of sp³-hybridized carbons (Fsp3) is 0.857. The van der Waals surface area contributed by atoms with Crippen LogP contribution >= 0.6 is 0 Å². The monoisotopic (exact) mass is 324 g/mol. The minimum atomic E-state index is -0.291. The molecule has 0 aromatic carbocycles. The Hall–Kier alpha value is -0.790. The van der Waals surface area contributed by atoms with Crippen LogP contribution in [0.4, 0.5) is 0 Å². The standard InChI is InChI=1S/C21H40O2/c1-4-7-9-11-13-16-20(17-14-12-10-8-5-2)18-15-19-23-21(22)6-3/h6,20H,3-5,7-19H2,1-2H3. The zero-order chi connectivity index (χ0) is 17.2. The lowest BCUT2D eigenvalue weighted by Gasteiger charge is -2.17. The lowest BCUT2D eigenvalue weighted by atomic mass is 9.90. The molecule has 2 heteroatoms. The van der Waals surface area contributed by atoms with E-state index in [-0.39, 0.29) is 5.97 Å². The predicted octanol–water partition coefficient (Wildman–Crippen LogP) is 6.83. The molecule has 0 heterocycles. The molecular formula is C21H40O2. The van der Waals surface area contributed by atoms with Gasteiger partial charge < -0.3 is 4.74 Å². The molecule has 0 radical (unpaired) electrons. The zero-order valence-corrected chi connectivity index (χ0v) is 15.8. The largest absolute Gasteiger partial charge is 0.463 e. The first kappa shape index (κ1) is 22.2. The minimum Gasteiger partial charge on any atom is -0.463 e. The van der Waals surface area contributed by atoms with Gasteiger partial charge in [0.15, 0.2) is 0 Å². The van der Waals surface area contributed by atoms with E-state index in [1.807, 2.05) is 0 Å². The molecule has 0 amide bonds. The van der Waals surface area contributed by atoms with Crippen molar-refractivity contribution in [2.24, 2.45) is 5.92 Å². The molecule has 0 rings (SSSR count). The molecule has 0 saturated heterocycles. The Morgan fingerprint density at radius 1 is 0.826 bits per heavy atom. The van der Waals surface area contributed by atoms with E-state index in [0.717, 1.165) is 12.3 Å².